The van der Waals surface area contributed by atoms with Crippen LogP contribution < -0.4 is 5.32 Å². The lowest BCUT2D eigenvalue weighted by Crippen LogP contribution is -2.67. The van der Waals surface area contributed by atoms with Crippen molar-refractivity contribution in [1.82, 2.24) is 14.8 Å². The third-order valence-corrected chi connectivity index (χ3v) is 6.51. The molecule has 1 aromatic heterocycles. The van der Waals surface area contributed by atoms with Gasteiger partial charge in [-0.1, -0.05) is 6.07 Å². The number of aliphatic carboxylic acids is 1. The maximum absolute atomic E-state index is 12.0. The van der Waals surface area contributed by atoms with Crippen molar-refractivity contribution in [3.63, 3.8) is 0 Å². The van der Waals surface area contributed by atoms with Gasteiger partial charge in [0.2, 0.25) is 0 Å². The number of amides is 1. The number of likely N-dealkylation sites (tertiary alicyclic amines) is 1. The average molecular weight is 402 g/mol. The van der Waals surface area contributed by atoms with Gasteiger partial charge >= 0.3 is 12.1 Å². The highest BCUT2D eigenvalue weighted by Gasteiger charge is 2.54. The van der Waals surface area contributed by atoms with Crippen molar-refractivity contribution in [3.8, 4) is 0 Å². The summed E-state index contributed by atoms with van der Waals surface area (Å²) in [7, 11) is 1.35. The Bertz CT molecular complexity index is 770. The van der Waals surface area contributed by atoms with E-state index in [0.717, 1.165) is 63.4 Å². The number of hydrogen-bond acceptors (Lipinski definition) is 6. The highest BCUT2D eigenvalue weighted by atomic mass is 16.5. The zero-order chi connectivity index (χ0) is 20.4. The molecule has 1 saturated heterocycles. The predicted molar refractivity (Wildman–Crippen MR) is 108 cm³/mol. The molecule has 0 radical (unpaired) electrons. The second-order valence-electron chi connectivity index (χ2n) is 8.67. The molecule has 4 rings (SSSR count). The van der Waals surface area contributed by atoms with E-state index in [-0.39, 0.29) is 24.4 Å². The van der Waals surface area contributed by atoms with Gasteiger partial charge in [-0.15, -0.1) is 0 Å². The molecule has 0 unspecified atom stereocenters. The molecule has 2 N–H and O–H groups in total. The summed E-state index contributed by atoms with van der Waals surface area (Å²) in [6.07, 6.45) is 4.62. The van der Waals surface area contributed by atoms with Crippen LogP contribution >= 0.6 is 0 Å². The number of nitrogens with zero attached hydrogens (tertiary/aromatic N) is 3. The van der Waals surface area contributed by atoms with Gasteiger partial charge in [0.15, 0.2) is 0 Å². The van der Waals surface area contributed by atoms with Crippen molar-refractivity contribution in [2.75, 3.05) is 45.2 Å². The number of ether oxygens (including phenoxy) is 1. The van der Waals surface area contributed by atoms with Gasteiger partial charge in [0.05, 0.1) is 13.5 Å². The number of nitrogens with one attached hydrogen (secondary N) is 1. The number of hydrogen-bond donors (Lipinski definition) is 2. The van der Waals surface area contributed by atoms with Crippen LogP contribution in [0.1, 0.15) is 36.9 Å². The standard InChI is InChI=1S/C21H30N4O4/c1-29-20(28)25(10-7-18(26)27)17-11-21(12-17)13-24(14-21)9-6-16-5-4-15-3-2-8-22-19(15)23-16/h4-5,17H,2-3,6-14H2,1H3,(H,22,23)(H,26,27). The molecule has 8 nitrogen and oxygen atoms in total. The van der Waals surface area contributed by atoms with Gasteiger partial charge in [-0.25, -0.2) is 9.78 Å². The predicted octanol–water partition coefficient (Wildman–Crippen LogP) is 1.99. The quantitative estimate of drug-likeness (QED) is 0.720. The topological polar surface area (TPSA) is 95.0 Å². The van der Waals surface area contributed by atoms with E-state index in [4.69, 9.17) is 14.8 Å². The van der Waals surface area contributed by atoms with Gasteiger partial charge in [-0.3, -0.25) is 4.79 Å². The summed E-state index contributed by atoms with van der Waals surface area (Å²) < 4.78 is 4.84. The Hall–Kier alpha value is -2.35. The molecule has 1 aromatic rings. The monoisotopic (exact) mass is 402 g/mol. The molecule has 0 atom stereocenters. The van der Waals surface area contributed by atoms with Crippen molar-refractivity contribution < 1.29 is 19.4 Å². The molecular formula is C21H30N4O4. The van der Waals surface area contributed by atoms with E-state index in [1.807, 2.05) is 0 Å². The molecule has 3 heterocycles. The molecule has 29 heavy (non-hydrogen) atoms. The minimum atomic E-state index is -0.895. The maximum atomic E-state index is 12.0. The van der Waals surface area contributed by atoms with Crippen molar-refractivity contribution in [2.24, 2.45) is 5.41 Å². The Morgan fingerprint density at radius 3 is 2.90 bits per heavy atom. The molecular weight excluding hydrogens is 372 g/mol. The smallest absolute Gasteiger partial charge is 0.409 e. The van der Waals surface area contributed by atoms with E-state index < -0.39 is 12.1 Å². The molecule has 0 aromatic carbocycles. The lowest BCUT2D eigenvalue weighted by Gasteiger charge is -2.61. The highest BCUT2D eigenvalue weighted by Crippen LogP contribution is 2.50. The molecule has 0 bridgehead atoms. The van der Waals surface area contributed by atoms with E-state index in [2.05, 4.69) is 22.3 Å². The van der Waals surface area contributed by atoms with Crippen molar-refractivity contribution in [3.05, 3.63) is 23.4 Å². The summed E-state index contributed by atoms with van der Waals surface area (Å²) in [5, 5.41) is 12.3. The summed E-state index contributed by atoms with van der Waals surface area (Å²) in [4.78, 5) is 31.7. The number of carboxylic acids is 1. The Labute approximate surface area is 171 Å². The van der Waals surface area contributed by atoms with Crippen LogP contribution in [0.25, 0.3) is 0 Å². The van der Waals surface area contributed by atoms with Gasteiger partial charge in [0.25, 0.3) is 0 Å². The second-order valence-corrected chi connectivity index (χ2v) is 8.67. The minimum Gasteiger partial charge on any atom is -0.481 e. The van der Waals surface area contributed by atoms with Crippen LogP contribution in [0.5, 0.6) is 0 Å². The molecule has 2 fully saturated rings. The van der Waals surface area contributed by atoms with Crippen LogP contribution in [-0.2, 0) is 22.4 Å². The number of anilines is 1. The van der Waals surface area contributed by atoms with Crippen LogP contribution in [0.15, 0.2) is 12.1 Å². The Morgan fingerprint density at radius 1 is 1.38 bits per heavy atom. The summed E-state index contributed by atoms with van der Waals surface area (Å²) in [6, 6.07) is 4.45. The number of carbonyl (C=O) groups excluding carboxylic acids is 1. The van der Waals surface area contributed by atoms with Gasteiger partial charge in [0.1, 0.15) is 5.82 Å². The third kappa shape index (κ3) is 4.32. The average Bonchev–Trinajstić information content (AvgIpc) is 2.66. The summed E-state index contributed by atoms with van der Waals surface area (Å²) in [6.45, 7) is 4.30. The van der Waals surface area contributed by atoms with Crippen molar-refractivity contribution in [1.29, 1.82) is 0 Å². The Morgan fingerprint density at radius 2 is 2.17 bits per heavy atom. The fourth-order valence-corrected chi connectivity index (χ4v) is 5.02. The fraction of sp³-hybridized carbons (Fsp3) is 0.667. The molecule has 2 aliphatic heterocycles. The van der Waals surface area contributed by atoms with Gasteiger partial charge in [0, 0.05) is 50.9 Å². The first-order valence-electron chi connectivity index (χ1n) is 10.5. The Balaban J connectivity index is 1.22. The number of methoxy groups -OCH3 is 1. The fourth-order valence-electron chi connectivity index (χ4n) is 5.02. The summed E-state index contributed by atoms with van der Waals surface area (Å²) in [5.41, 5.74) is 2.74. The van der Waals surface area contributed by atoms with Crippen LogP contribution in [0, 0.1) is 5.41 Å². The molecule has 1 amide bonds. The zero-order valence-electron chi connectivity index (χ0n) is 17.0. The zero-order valence-corrected chi connectivity index (χ0v) is 17.0. The van der Waals surface area contributed by atoms with Crippen LogP contribution in [-0.4, -0.2) is 77.8 Å². The highest BCUT2D eigenvalue weighted by molar-refractivity contribution is 5.71. The summed E-state index contributed by atoms with van der Waals surface area (Å²) in [5.74, 6) is 0.161. The van der Waals surface area contributed by atoms with Gasteiger partial charge in [-0.05, 0) is 42.7 Å². The van der Waals surface area contributed by atoms with E-state index in [1.165, 1.54) is 19.1 Å². The normalized spacial score (nSPS) is 20.2. The first kappa shape index (κ1) is 19.9. The van der Waals surface area contributed by atoms with Crippen molar-refractivity contribution >= 4 is 17.9 Å². The number of fused-ring (bicyclic) bond motifs is 1. The van der Waals surface area contributed by atoms with E-state index >= 15 is 0 Å². The SMILES string of the molecule is COC(=O)N(CCC(=O)O)C1CC2(C1)CN(CCc1ccc3c(n1)NCCC3)C2. The van der Waals surface area contributed by atoms with Crippen LogP contribution in [0.4, 0.5) is 10.6 Å². The van der Waals surface area contributed by atoms with Crippen LogP contribution in [0.2, 0.25) is 0 Å². The number of carbonyl (C=O) groups is 2. The number of pyridine rings is 1. The number of aryl methyl sites for hydroxylation is 1. The number of rotatable bonds is 7. The first-order valence-corrected chi connectivity index (χ1v) is 10.5. The van der Waals surface area contributed by atoms with Crippen molar-refractivity contribution in [2.45, 2.75) is 44.6 Å². The molecule has 1 aliphatic carbocycles. The van der Waals surface area contributed by atoms with E-state index in [1.54, 1.807) is 4.90 Å². The molecule has 1 saturated carbocycles. The van der Waals surface area contributed by atoms with Gasteiger partial charge < -0.3 is 25.0 Å². The molecule has 3 aliphatic rings. The lowest BCUT2D eigenvalue weighted by molar-refractivity contribution is -0.138. The number of carboxylic acid groups (broad SMARTS) is 1. The molecule has 1 spiro atoms. The van der Waals surface area contributed by atoms with E-state index in [9.17, 15) is 9.59 Å². The largest absolute Gasteiger partial charge is 0.481 e. The third-order valence-electron chi connectivity index (χ3n) is 6.51. The van der Waals surface area contributed by atoms with Gasteiger partial charge in [-0.2, -0.15) is 0 Å². The number of aromatic nitrogens is 1. The summed E-state index contributed by atoms with van der Waals surface area (Å²) >= 11 is 0. The first-order chi connectivity index (χ1) is 14.0. The second kappa shape index (κ2) is 8.18. The molecule has 8 heteroatoms. The van der Waals surface area contributed by atoms with E-state index in [0.29, 0.717) is 0 Å². The Kier molecular flexibility index (Phi) is 5.63. The minimum absolute atomic E-state index is 0.0483. The van der Waals surface area contributed by atoms with Crippen LogP contribution in [0.3, 0.4) is 0 Å². The maximum Gasteiger partial charge on any atom is 0.409 e. The molecule has 158 valence electrons. The lowest BCUT2D eigenvalue weighted by atomic mass is 9.60.